The molecule has 0 atom stereocenters. The second-order valence-corrected chi connectivity index (χ2v) is 7.64. The van der Waals surface area contributed by atoms with Crippen molar-refractivity contribution in [1.29, 1.82) is 0 Å². The first-order chi connectivity index (χ1) is 13.1. The lowest BCUT2D eigenvalue weighted by Crippen LogP contribution is -2.44. The number of benzene rings is 2. The monoisotopic (exact) mass is 404 g/mol. The quantitative estimate of drug-likeness (QED) is 0.835. The third-order valence-electron chi connectivity index (χ3n) is 6.07. The first kappa shape index (κ1) is 20.6. The molecule has 0 bridgehead atoms. The number of hydrogen-bond donors (Lipinski definition) is 1. The van der Waals surface area contributed by atoms with Gasteiger partial charge in [0, 0.05) is 19.6 Å². The Morgan fingerprint density at radius 1 is 1.07 bits per heavy atom. The molecular formula is C22H26ClFN2O2. The number of methoxy groups -OCH3 is 1. The number of amides is 1. The minimum atomic E-state index is -0.462. The van der Waals surface area contributed by atoms with E-state index in [1.165, 1.54) is 12.5 Å². The van der Waals surface area contributed by atoms with Gasteiger partial charge in [-0.3, -0.25) is 4.79 Å². The smallest absolute Gasteiger partial charge is 0.256 e. The van der Waals surface area contributed by atoms with E-state index >= 15 is 0 Å². The molecule has 150 valence electrons. The van der Waals surface area contributed by atoms with Gasteiger partial charge >= 0.3 is 0 Å². The standard InChI is InChI=1S/C22H25FN2O2.ClH/c1-27-18-5-2-16(3-6-18)17-4-7-19(20(23)14-17)21(26)25-12-9-22(10-13-25)8-11-24-15-22;/h2-7,14,24H,8-13,15H2,1H3;1H. The third kappa shape index (κ3) is 4.01. The minimum Gasteiger partial charge on any atom is -0.497 e. The number of ether oxygens (including phenoxy) is 1. The molecule has 2 aliphatic rings. The Labute approximate surface area is 171 Å². The normalized spacial score (nSPS) is 18.0. The van der Waals surface area contributed by atoms with Crippen LogP contribution in [0.25, 0.3) is 11.1 Å². The number of piperidine rings is 1. The van der Waals surface area contributed by atoms with E-state index in [2.05, 4.69) is 5.32 Å². The van der Waals surface area contributed by atoms with E-state index in [4.69, 9.17) is 4.74 Å². The largest absolute Gasteiger partial charge is 0.497 e. The Morgan fingerprint density at radius 3 is 2.32 bits per heavy atom. The van der Waals surface area contributed by atoms with Crippen LogP contribution in [0.2, 0.25) is 0 Å². The molecule has 4 nitrogen and oxygen atoms in total. The molecule has 2 heterocycles. The molecule has 2 aromatic carbocycles. The lowest BCUT2D eigenvalue weighted by atomic mass is 9.78. The first-order valence-electron chi connectivity index (χ1n) is 9.54. The molecule has 2 fully saturated rings. The summed E-state index contributed by atoms with van der Waals surface area (Å²) in [5, 5.41) is 3.43. The molecule has 0 unspecified atom stereocenters. The van der Waals surface area contributed by atoms with Gasteiger partial charge in [0.1, 0.15) is 11.6 Å². The highest BCUT2D eigenvalue weighted by Gasteiger charge is 2.38. The van der Waals surface area contributed by atoms with Crippen LogP contribution in [0.15, 0.2) is 42.5 Å². The molecule has 2 aromatic rings. The maximum Gasteiger partial charge on any atom is 0.256 e. The summed E-state index contributed by atoms with van der Waals surface area (Å²) in [7, 11) is 1.61. The van der Waals surface area contributed by atoms with Crippen molar-refractivity contribution in [3.63, 3.8) is 0 Å². The van der Waals surface area contributed by atoms with Gasteiger partial charge in [-0.2, -0.15) is 0 Å². The van der Waals surface area contributed by atoms with Crippen LogP contribution in [-0.2, 0) is 0 Å². The summed E-state index contributed by atoms with van der Waals surface area (Å²) < 4.78 is 19.9. The summed E-state index contributed by atoms with van der Waals surface area (Å²) in [5.41, 5.74) is 2.14. The fraction of sp³-hybridized carbons (Fsp3) is 0.409. The van der Waals surface area contributed by atoms with Crippen molar-refractivity contribution in [2.45, 2.75) is 19.3 Å². The Kier molecular flexibility index (Phi) is 6.26. The number of nitrogens with zero attached hydrogens (tertiary/aromatic N) is 1. The molecule has 1 spiro atoms. The van der Waals surface area contributed by atoms with Gasteiger partial charge in [-0.25, -0.2) is 4.39 Å². The van der Waals surface area contributed by atoms with Crippen LogP contribution in [0, 0.1) is 11.2 Å². The topological polar surface area (TPSA) is 41.6 Å². The molecule has 0 radical (unpaired) electrons. The zero-order chi connectivity index (χ0) is 18.9. The molecule has 0 aliphatic carbocycles. The Balaban J connectivity index is 0.00000225. The van der Waals surface area contributed by atoms with Crippen molar-refractivity contribution in [3.05, 3.63) is 53.8 Å². The second kappa shape index (κ2) is 8.50. The van der Waals surface area contributed by atoms with Gasteiger partial charge in [0.2, 0.25) is 0 Å². The summed E-state index contributed by atoms with van der Waals surface area (Å²) in [6, 6.07) is 12.3. The molecule has 4 rings (SSSR count). The zero-order valence-corrected chi connectivity index (χ0v) is 16.9. The van der Waals surface area contributed by atoms with E-state index in [1.807, 2.05) is 30.3 Å². The van der Waals surface area contributed by atoms with Crippen molar-refractivity contribution in [1.82, 2.24) is 10.2 Å². The molecule has 0 saturated carbocycles. The van der Waals surface area contributed by atoms with E-state index in [-0.39, 0.29) is 23.9 Å². The Bertz CT molecular complexity index is 825. The third-order valence-corrected chi connectivity index (χ3v) is 6.07. The Hall–Kier alpha value is -2.11. The van der Waals surface area contributed by atoms with Crippen LogP contribution < -0.4 is 10.1 Å². The highest BCUT2D eigenvalue weighted by Crippen LogP contribution is 2.37. The number of likely N-dealkylation sites (tertiary alicyclic amines) is 1. The lowest BCUT2D eigenvalue weighted by molar-refractivity contribution is 0.0603. The molecule has 2 saturated heterocycles. The van der Waals surface area contributed by atoms with Crippen LogP contribution in [0.3, 0.4) is 0 Å². The summed E-state index contributed by atoms with van der Waals surface area (Å²) in [6.07, 6.45) is 3.18. The van der Waals surface area contributed by atoms with Crippen molar-refractivity contribution in [2.75, 3.05) is 33.3 Å². The van der Waals surface area contributed by atoms with Crippen molar-refractivity contribution in [3.8, 4) is 16.9 Å². The number of nitrogens with one attached hydrogen (secondary N) is 1. The SMILES string of the molecule is COc1ccc(-c2ccc(C(=O)N3CCC4(CCNC4)CC3)c(F)c2)cc1.Cl. The highest BCUT2D eigenvalue weighted by molar-refractivity contribution is 5.95. The maximum absolute atomic E-state index is 14.7. The molecular weight excluding hydrogens is 379 g/mol. The second-order valence-electron chi connectivity index (χ2n) is 7.64. The molecule has 1 amide bonds. The van der Waals surface area contributed by atoms with E-state index in [0.717, 1.165) is 42.8 Å². The molecule has 1 N–H and O–H groups in total. The predicted octanol–water partition coefficient (Wildman–Crippen LogP) is 4.14. The predicted molar refractivity (Wildman–Crippen MR) is 111 cm³/mol. The van der Waals surface area contributed by atoms with Gasteiger partial charge in [-0.1, -0.05) is 18.2 Å². The van der Waals surface area contributed by atoms with Crippen LogP contribution in [-0.4, -0.2) is 44.1 Å². The van der Waals surface area contributed by atoms with E-state index in [0.29, 0.717) is 18.5 Å². The summed E-state index contributed by atoms with van der Waals surface area (Å²) in [6.45, 7) is 3.52. The molecule has 2 aliphatic heterocycles. The minimum absolute atomic E-state index is 0. The van der Waals surface area contributed by atoms with Gasteiger partial charge in [0.15, 0.2) is 0 Å². The zero-order valence-electron chi connectivity index (χ0n) is 16.0. The fourth-order valence-electron chi connectivity index (χ4n) is 4.23. The van der Waals surface area contributed by atoms with Gasteiger partial charge in [0.05, 0.1) is 12.7 Å². The van der Waals surface area contributed by atoms with Crippen LogP contribution in [0.5, 0.6) is 5.75 Å². The maximum atomic E-state index is 14.7. The fourth-order valence-corrected chi connectivity index (χ4v) is 4.23. The van der Waals surface area contributed by atoms with E-state index in [1.54, 1.807) is 18.1 Å². The highest BCUT2D eigenvalue weighted by atomic mass is 35.5. The average Bonchev–Trinajstić information content (AvgIpc) is 3.16. The number of carbonyl (C=O) groups excluding carboxylic acids is 1. The number of carbonyl (C=O) groups is 1. The van der Waals surface area contributed by atoms with Crippen molar-refractivity contribution >= 4 is 18.3 Å². The Morgan fingerprint density at radius 2 is 1.75 bits per heavy atom. The molecule has 6 heteroatoms. The molecule has 28 heavy (non-hydrogen) atoms. The lowest BCUT2D eigenvalue weighted by Gasteiger charge is -2.39. The number of rotatable bonds is 3. The first-order valence-corrected chi connectivity index (χ1v) is 9.54. The van der Waals surface area contributed by atoms with E-state index in [9.17, 15) is 9.18 Å². The summed E-state index contributed by atoms with van der Waals surface area (Å²) >= 11 is 0. The summed E-state index contributed by atoms with van der Waals surface area (Å²) in [4.78, 5) is 14.6. The van der Waals surface area contributed by atoms with Gasteiger partial charge < -0.3 is 15.0 Å². The van der Waals surface area contributed by atoms with Crippen LogP contribution >= 0.6 is 12.4 Å². The van der Waals surface area contributed by atoms with Gasteiger partial charge in [0.25, 0.3) is 5.91 Å². The molecule has 0 aromatic heterocycles. The average molecular weight is 405 g/mol. The summed E-state index contributed by atoms with van der Waals surface area (Å²) in [5.74, 6) is 0.0945. The van der Waals surface area contributed by atoms with Crippen LogP contribution in [0.4, 0.5) is 4.39 Å². The van der Waals surface area contributed by atoms with Gasteiger partial charge in [-0.15, -0.1) is 12.4 Å². The van der Waals surface area contributed by atoms with Gasteiger partial charge in [-0.05, 0) is 66.6 Å². The number of hydrogen-bond acceptors (Lipinski definition) is 3. The van der Waals surface area contributed by atoms with Crippen molar-refractivity contribution < 1.29 is 13.9 Å². The van der Waals surface area contributed by atoms with Crippen LogP contribution in [0.1, 0.15) is 29.6 Å². The van der Waals surface area contributed by atoms with E-state index < -0.39 is 5.82 Å². The number of halogens is 2. The van der Waals surface area contributed by atoms with Crippen molar-refractivity contribution in [2.24, 2.45) is 5.41 Å².